The predicted molar refractivity (Wildman–Crippen MR) is 87.5 cm³/mol. The van der Waals surface area contributed by atoms with E-state index in [1.807, 2.05) is 36.4 Å². The summed E-state index contributed by atoms with van der Waals surface area (Å²) in [5.74, 6) is -2.08. The standard InChI is InChI=1S/C17H12F2N2OS/c18-12-5-3-6-13(19)17(12)21-15(22)10-23-16-9-8-11-4-1-2-7-14(11)20-16/h1-9H,10H2,(H,21,22). The molecule has 0 radical (unpaired) electrons. The molecule has 1 heterocycles. The van der Waals surface area contributed by atoms with E-state index < -0.39 is 23.2 Å². The summed E-state index contributed by atoms with van der Waals surface area (Å²) in [7, 11) is 0. The number of nitrogens with zero attached hydrogens (tertiary/aromatic N) is 1. The Labute approximate surface area is 135 Å². The van der Waals surface area contributed by atoms with Crippen LogP contribution in [-0.4, -0.2) is 16.6 Å². The minimum Gasteiger partial charge on any atom is -0.320 e. The summed E-state index contributed by atoms with van der Waals surface area (Å²) in [5.41, 5.74) is 0.405. The van der Waals surface area contributed by atoms with Gasteiger partial charge in [-0.3, -0.25) is 4.79 Å². The van der Waals surface area contributed by atoms with Gasteiger partial charge >= 0.3 is 0 Å². The smallest absolute Gasteiger partial charge is 0.234 e. The number of anilines is 1. The van der Waals surface area contributed by atoms with Crippen molar-refractivity contribution in [2.24, 2.45) is 0 Å². The third kappa shape index (κ3) is 3.65. The average molecular weight is 330 g/mol. The summed E-state index contributed by atoms with van der Waals surface area (Å²) in [6, 6.07) is 14.8. The third-order valence-corrected chi connectivity index (χ3v) is 4.08. The quantitative estimate of drug-likeness (QED) is 0.727. The van der Waals surface area contributed by atoms with Gasteiger partial charge in [0.15, 0.2) is 0 Å². The number of rotatable bonds is 4. The lowest BCUT2D eigenvalue weighted by atomic mass is 10.2. The second-order valence-corrected chi connectivity index (χ2v) is 5.77. The minimum absolute atomic E-state index is 0.0130. The number of thioether (sulfide) groups is 1. The SMILES string of the molecule is O=C(CSc1ccc2ccccc2n1)Nc1c(F)cccc1F. The number of amides is 1. The second kappa shape index (κ2) is 6.75. The van der Waals surface area contributed by atoms with Gasteiger partial charge in [-0.1, -0.05) is 42.1 Å². The lowest BCUT2D eigenvalue weighted by Gasteiger charge is -2.07. The first-order valence-electron chi connectivity index (χ1n) is 6.86. The van der Waals surface area contributed by atoms with Crippen molar-refractivity contribution in [3.05, 3.63) is 66.2 Å². The number of hydrogen-bond acceptors (Lipinski definition) is 3. The van der Waals surface area contributed by atoms with Gasteiger partial charge in [-0.15, -0.1) is 0 Å². The van der Waals surface area contributed by atoms with E-state index in [0.29, 0.717) is 5.03 Å². The summed E-state index contributed by atoms with van der Waals surface area (Å²) < 4.78 is 26.9. The molecule has 0 bridgehead atoms. The van der Waals surface area contributed by atoms with E-state index in [-0.39, 0.29) is 5.75 Å². The molecule has 0 aliphatic heterocycles. The predicted octanol–water partition coefficient (Wildman–Crippen LogP) is 4.24. The summed E-state index contributed by atoms with van der Waals surface area (Å²) >= 11 is 1.21. The summed E-state index contributed by atoms with van der Waals surface area (Å²) in [5, 5.41) is 3.93. The zero-order valence-electron chi connectivity index (χ0n) is 11.9. The molecular formula is C17H12F2N2OS. The Kier molecular flexibility index (Phi) is 4.52. The molecule has 3 nitrogen and oxygen atoms in total. The lowest BCUT2D eigenvalue weighted by Crippen LogP contribution is -2.16. The molecular weight excluding hydrogens is 318 g/mol. The normalized spacial score (nSPS) is 10.7. The number of aromatic nitrogens is 1. The van der Waals surface area contributed by atoms with Crippen LogP contribution in [0.4, 0.5) is 14.5 Å². The van der Waals surface area contributed by atoms with Crippen LogP contribution in [0.3, 0.4) is 0 Å². The first-order valence-corrected chi connectivity index (χ1v) is 7.84. The molecule has 1 N–H and O–H groups in total. The van der Waals surface area contributed by atoms with Crippen LogP contribution in [-0.2, 0) is 4.79 Å². The van der Waals surface area contributed by atoms with E-state index in [9.17, 15) is 13.6 Å². The Hall–Kier alpha value is -2.47. The van der Waals surface area contributed by atoms with Gasteiger partial charge in [0, 0.05) is 5.39 Å². The molecule has 0 fully saturated rings. The highest BCUT2D eigenvalue weighted by Crippen LogP contribution is 2.21. The zero-order valence-corrected chi connectivity index (χ0v) is 12.7. The number of nitrogens with one attached hydrogen (secondary N) is 1. The van der Waals surface area contributed by atoms with Crippen molar-refractivity contribution in [1.82, 2.24) is 4.98 Å². The van der Waals surface area contributed by atoms with E-state index in [4.69, 9.17) is 0 Å². The molecule has 0 spiro atoms. The van der Waals surface area contributed by atoms with E-state index in [2.05, 4.69) is 10.3 Å². The Morgan fingerprint density at radius 3 is 2.52 bits per heavy atom. The maximum atomic E-state index is 13.5. The van der Waals surface area contributed by atoms with E-state index in [1.54, 1.807) is 0 Å². The number of benzene rings is 2. The van der Waals surface area contributed by atoms with Crippen molar-refractivity contribution in [3.63, 3.8) is 0 Å². The molecule has 2 aromatic carbocycles. The van der Waals surface area contributed by atoms with Gasteiger partial charge in [-0.25, -0.2) is 13.8 Å². The fraction of sp³-hybridized carbons (Fsp3) is 0.0588. The first-order chi connectivity index (χ1) is 11.1. The highest BCUT2D eigenvalue weighted by atomic mass is 32.2. The van der Waals surface area contributed by atoms with Gasteiger partial charge < -0.3 is 5.32 Å². The van der Waals surface area contributed by atoms with Crippen LogP contribution in [0, 0.1) is 11.6 Å². The van der Waals surface area contributed by atoms with E-state index in [1.165, 1.54) is 17.8 Å². The van der Waals surface area contributed by atoms with Gasteiger partial charge in [0.05, 0.1) is 16.3 Å². The van der Waals surface area contributed by atoms with Gasteiger partial charge in [0.25, 0.3) is 0 Å². The Balaban J connectivity index is 1.66. The van der Waals surface area contributed by atoms with Crippen molar-refractivity contribution in [2.45, 2.75) is 5.03 Å². The van der Waals surface area contributed by atoms with Crippen LogP contribution >= 0.6 is 11.8 Å². The molecule has 3 rings (SSSR count). The molecule has 1 aromatic heterocycles. The molecule has 0 aliphatic carbocycles. The van der Waals surface area contributed by atoms with Crippen molar-refractivity contribution in [3.8, 4) is 0 Å². The van der Waals surface area contributed by atoms with Gasteiger partial charge in [-0.2, -0.15) is 0 Å². The molecule has 116 valence electrons. The number of carbonyl (C=O) groups is 1. The van der Waals surface area contributed by atoms with Crippen LogP contribution < -0.4 is 5.32 Å². The molecule has 0 saturated heterocycles. The van der Waals surface area contributed by atoms with Gasteiger partial charge in [0.2, 0.25) is 5.91 Å². The number of carbonyl (C=O) groups excluding carboxylic acids is 1. The largest absolute Gasteiger partial charge is 0.320 e. The van der Waals surface area contributed by atoms with Crippen molar-refractivity contribution >= 4 is 34.3 Å². The molecule has 0 unspecified atom stereocenters. The monoisotopic (exact) mass is 330 g/mol. The van der Waals surface area contributed by atoms with Crippen LogP contribution in [0.5, 0.6) is 0 Å². The van der Waals surface area contributed by atoms with Crippen molar-refractivity contribution in [2.75, 3.05) is 11.1 Å². The van der Waals surface area contributed by atoms with Gasteiger partial charge in [-0.05, 0) is 24.3 Å². The molecule has 0 atom stereocenters. The van der Waals surface area contributed by atoms with Crippen LogP contribution in [0.25, 0.3) is 10.9 Å². The summed E-state index contributed by atoms with van der Waals surface area (Å²) in [6.07, 6.45) is 0. The van der Waals surface area contributed by atoms with Crippen LogP contribution in [0.1, 0.15) is 0 Å². The molecule has 23 heavy (non-hydrogen) atoms. The number of para-hydroxylation sites is 2. The van der Waals surface area contributed by atoms with Crippen LogP contribution in [0.2, 0.25) is 0 Å². The Bertz CT molecular complexity index is 850. The topological polar surface area (TPSA) is 42.0 Å². The fourth-order valence-electron chi connectivity index (χ4n) is 2.06. The minimum atomic E-state index is -0.799. The molecule has 3 aromatic rings. The number of pyridine rings is 1. The molecule has 1 amide bonds. The first kappa shape index (κ1) is 15.4. The maximum absolute atomic E-state index is 13.5. The van der Waals surface area contributed by atoms with E-state index >= 15 is 0 Å². The highest BCUT2D eigenvalue weighted by molar-refractivity contribution is 7.99. The third-order valence-electron chi connectivity index (χ3n) is 3.15. The Morgan fingerprint density at radius 2 is 1.74 bits per heavy atom. The molecule has 0 saturated carbocycles. The molecule has 0 aliphatic rings. The summed E-state index contributed by atoms with van der Waals surface area (Å²) in [4.78, 5) is 16.3. The maximum Gasteiger partial charge on any atom is 0.234 e. The van der Waals surface area contributed by atoms with Crippen LogP contribution in [0.15, 0.2) is 59.6 Å². The van der Waals surface area contributed by atoms with Gasteiger partial charge in [0.1, 0.15) is 17.3 Å². The number of halogens is 2. The second-order valence-electron chi connectivity index (χ2n) is 4.78. The van der Waals surface area contributed by atoms with Crippen molar-refractivity contribution in [1.29, 1.82) is 0 Å². The van der Waals surface area contributed by atoms with E-state index in [0.717, 1.165) is 23.0 Å². The summed E-state index contributed by atoms with van der Waals surface area (Å²) in [6.45, 7) is 0. The highest BCUT2D eigenvalue weighted by Gasteiger charge is 2.12. The lowest BCUT2D eigenvalue weighted by molar-refractivity contribution is -0.113. The number of hydrogen-bond donors (Lipinski definition) is 1. The average Bonchev–Trinajstić information content (AvgIpc) is 2.56. The number of fused-ring (bicyclic) bond motifs is 1. The van der Waals surface area contributed by atoms with Crippen molar-refractivity contribution < 1.29 is 13.6 Å². The molecule has 6 heteroatoms. The zero-order chi connectivity index (χ0) is 16.2. The Morgan fingerprint density at radius 1 is 1.00 bits per heavy atom. The fourth-order valence-corrected chi connectivity index (χ4v) is 2.74.